The van der Waals surface area contributed by atoms with Gasteiger partial charge in [0.1, 0.15) is 0 Å². The Balaban J connectivity index is 1.95. The first-order chi connectivity index (χ1) is 10.3. The molecule has 0 radical (unpaired) electrons. The van der Waals surface area contributed by atoms with E-state index in [1.807, 2.05) is 24.3 Å². The summed E-state index contributed by atoms with van der Waals surface area (Å²) in [4.78, 5) is 15.3. The van der Waals surface area contributed by atoms with Crippen molar-refractivity contribution in [2.45, 2.75) is 45.6 Å². The van der Waals surface area contributed by atoms with Crippen molar-refractivity contribution in [1.29, 1.82) is 0 Å². The van der Waals surface area contributed by atoms with Crippen molar-refractivity contribution in [3.05, 3.63) is 45.9 Å². The van der Waals surface area contributed by atoms with Crippen LogP contribution in [-0.4, -0.2) is 16.1 Å². The molecule has 0 spiro atoms. The lowest BCUT2D eigenvalue weighted by molar-refractivity contribution is -0.136. The van der Waals surface area contributed by atoms with Gasteiger partial charge in [-0.15, -0.1) is 11.3 Å². The van der Waals surface area contributed by atoms with Crippen LogP contribution in [0, 0.1) is 0 Å². The summed E-state index contributed by atoms with van der Waals surface area (Å²) in [6, 6.07) is 7.89. The molecule has 0 saturated carbocycles. The highest BCUT2D eigenvalue weighted by Gasteiger charge is 2.17. The van der Waals surface area contributed by atoms with E-state index in [1.54, 1.807) is 11.3 Å². The number of aliphatic carboxylic acids is 1. The number of benzene rings is 1. The van der Waals surface area contributed by atoms with Crippen LogP contribution in [0.1, 0.15) is 43.5 Å². The standard InChI is InChI=1S/C17H22N2O2S/c1-17(2,3)16-19-14(11-22-16)10-18-13-6-4-5-12(9-13)7-8-15(20)21/h4-6,9,11,18H,7-8,10H2,1-3H3,(H,20,21). The van der Waals surface area contributed by atoms with Crippen LogP contribution in [0.25, 0.3) is 0 Å². The molecule has 1 aromatic heterocycles. The van der Waals surface area contributed by atoms with E-state index in [0.717, 1.165) is 22.0 Å². The first kappa shape index (κ1) is 16.5. The number of carbonyl (C=O) groups is 1. The number of carboxylic acids is 1. The summed E-state index contributed by atoms with van der Waals surface area (Å²) in [6.45, 7) is 7.16. The Kier molecular flexibility index (Phi) is 5.19. The number of carboxylic acid groups (broad SMARTS) is 1. The lowest BCUT2D eigenvalue weighted by Gasteiger charge is -2.13. The van der Waals surface area contributed by atoms with Gasteiger partial charge in [-0.3, -0.25) is 4.79 Å². The molecule has 0 amide bonds. The maximum atomic E-state index is 10.6. The molecule has 0 atom stereocenters. The highest BCUT2D eigenvalue weighted by molar-refractivity contribution is 7.09. The Morgan fingerprint density at radius 2 is 2.14 bits per heavy atom. The summed E-state index contributed by atoms with van der Waals surface area (Å²) in [7, 11) is 0. The van der Waals surface area contributed by atoms with Crippen LogP contribution in [-0.2, 0) is 23.2 Å². The lowest BCUT2D eigenvalue weighted by atomic mass is 9.98. The Labute approximate surface area is 135 Å². The van der Waals surface area contributed by atoms with E-state index in [4.69, 9.17) is 5.11 Å². The van der Waals surface area contributed by atoms with Gasteiger partial charge in [0.15, 0.2) is 0 Å². The van der Waals surface area contributed by atoms with Crippen molar-refractivity contribution in [3.63, 3.8) is 0 Å². The van der Waals surface area contributed by atoms with Gasteiger partial charge in [0.2, 0.25) is 0 Å². The third-order valence-electron chi connectivity index (χ3n) is 3.22. The topological polar surface area (TPSA) is 62.2 Å². The average molecular weight is 318 g/mol. The zero-order valence-electron chi connectivity index (χ0n) is 13.2. The van der Waals surface area contributed by atoms with Crippen LogP contribution in [0.3, 0.4) is 0 Å². The minimum absolute atomic E-state index is 0.0830. The summed E-state index contributed by atoms with van der Waals surface area (Å²) >= 11 is 1.69. The molecule has 0 unspecified atom stereocenters. The first-order valence-corrected chi connectivity index (χ1v) is 8.22. The van der Waals surface area contributed by atoms with Crippen molar-refractivity contribution in [2.24, 2.45) is 0 Å². The van der Waals surface area contributed by atoms with E-state index in [2.05, 4.69) is 36.5 Å². The smallest absolute Gasteiger partial charge is 0.303 e. The molecule has 2 aromatic rings. The molecule has 0 bridgehead atoms. The minimum Gasteiger partial charge on any atom is -0.481 e. The van der Waals surface area contributed by atoms with Gasteiger partial charge < -0.3 is 10.4 Å². The van der Waals surface area contributed by atoms with Gasteiger partial charge in [-0.05, 0) is 24.1 Å². The second kappa shape index (κ2) is 6.92. The molecule has 0 aliphatic rings. The van der Waals surface area contributed by atoms with Gasteiger partial charge in [-0.25, -0.2) is 4.98 Å². The number of hydrogen-bond donors (Lipinski definition) is 2. The first-order valence-electron chi connectivity index (χ1n) is 7.34. The second-order valence-electron chi connectivity index (χ2n) is 6.34. The molecule has 2 rings (SSSR count). The van der Waals surface area contributed by atoms with Crippen LogP contribution >= 0.6 is 11.3 Å². The van der Waals surface area contributed by atoms with E-state index < -0.39 is 5.97 Å². The van der Waals surface area contributed by atoms with Crippen molar-refractivity contribution >= 4 is 23.0 Å². The lowest BCUT2D eigenvalue weighted by Crippen LogP contribution is -2.11. The number of rotatable bonds is 6. The quantitative estimate of drug-likeness (QED) is 0.843. The summed E-state index contributed by atoms with van der Waals surface area (Å²) in [5, 5.41) is 15.3. The van der Waals surface area contributed by atoms with Crippen molar-refractivity contribution in [3.8, 4) is 0 Å². The van der Waals surface area contributed by atoms with E-state index in [-0.39, 0.29) is 11.8 Å². The van der Waals surface area contributed by atoms with Crippen LogP contribution in [0.15, 0.2) is 29.6 Å². The Morgan fingerprint density at radius 3 is 2.77 bits per heavy atom. The average Bonchev–Trinajstić information content (AvgIpc) is 2.92. The van der Waals surface area contributed by atoms with Crippen LogP contribution in [0.5, 0.6) is 0 Å². The molecule has 0 fully saturated rings. The highest BCUT2D eigenvalue weighted by atomic mass is 32.1. The van der Waals surface area contributed by atoms with Gasteiger partial charge in [0.05, 0.1) is 17.2 Å². The number of thiazole rings is 1. The van der Waals surface area contributed by atoms with Crippen LogP contribution in [0.2, 0.25) is 0 Å². The van der Waals surface area contributed by atoms with Gasteiger partial charge >= 0.3 is 5.97 Å². The molecule has 0 aliphatic heterocycles. The molecule has 0 saturated heterocycles. The fraction of sp³-hybridized carbons (Fsp3) is 0.412. The number of aryl methyl sites for hydroxylation is 1. The summed E-state index contributed by atoms with van der Waals surface area (Å²) < 4.78 is 0. The molecule has 5 heteroatoms. The van der Waals surface area contributed by atoms with Crippen molar-refractivity contribution in [2.75, 3.05) is 5.32 Å². The Bertz CT molecular complexity index is 644. The molecule has 22 heavy (non-hydrogen) atoms. The number of aromatic nitrogens is 1. The predicted octanol–water partition coefficient (Wildman–Crippen LogP) is 4.07. The van der Waals surface area contributed by atoms with Crippen molar-refractivity contribution < 1.29 is 9.90 Å². The monoisotopic (exact) mass is 318 g/mol. The highest BCUT2D eigenvalue weighted by Crippen LogP contribution is 2.25. The number of hydrogen-bond acceptors (Lipinski definition) is 4. The molecule has 1 aromatic carbocycles. The van der Waals surface area contributed by atoms with E-state index in [1.165, 1.54) is 0 Å². The molecular weight excluding hydrogens is 296 g/mol. The normalized spacial score (nSPS) is 11.4. The van der Waals surface area contributed by atoms with Gasteiger partial charge in [0, 0.05) is 22.9 Å². The maximum Gasteiger partial charge on any atom is 0.303 e. The zero-order chi connectivity index (χ0) is 16.2. The molecular formula is C17H22N2O2S. The van der Waals surface area contributed by atoms with Crippen LogP contribution in [0.4, 0.5) is 5.69 Å². The Morgan fingerprint density at radius 1 is 1.36 bits per heavy atom. The van der Waals surface area contributed by atoms with E-state index >= 15 is 0 Å². The van der Waals surface area contributed by atoms with E-state index in [9.17, 15) is 4.79 Å². The molecule has 118 valence electrons. The fourth-order valence-corrected chi connectivity index (χ4v) is 2.92. The fourth-order valence-electron chi connectivity index (χ4n) is 2.01. The second-order valence-corrected chi connectivity index (χ2v) is 7.20. The summed E-state index contributed by atoms with van der Waals surface area (Å²) in [6.07, 6.45) is 0.709. The number of nitrogens with one attached hydrogen (secondary N) is 1. The molecule has 2 N–H and O–H groups in total. The zero-order valence-corrected chi connectivity index (χ0v) is 14.0. The predicted molar refractivity (Wildman–Crippen MR) is 90.5 cm³/mol. The third kappa shape index (κ3) is 4.84. The largest absolute Gasteiger partial charge is 0.481 e. The van der Waals surface area contributed by atoms with Gasteiger partial charge in [-0.2, -0.15) is 0 Å². The van der Waals surface area contributed by atoms with Gasteiger partial charge in [0.25, 0.3) is 0 Å². The van der Waals surface area contributed by atoms with E-state index in [0.29, 0.717) is 13.0 Å². The van der Waals surface area contributed by atoms with Gasteiger partial charge in [-0.1, -0.05) is 32.9 Å². The Hall–Kier alpha value is -1.88. The number of nitrogens with zero attached hydrogens (tertiary/aromatic N) is 1. The van der Waals surface area contributed by atoms with Crippen LogP contribution < -0.4 is 5.32 Å². The SMILES string of the molecule is CC(C)(C)c1nc(CNc2cccc(CCC(=O)O)c2)cs1. The molecule has 4 nitrogen and oxygen atoms in total. The van der Waals surface area contributed by atoms with Crippen molar-refractivity contribution in [1.82, 2.24) is 4.98 Å². The maximum absolute atomic E-state index is 10.6. The number of anilines is 1. The summed E-state index contributed by atoms with van der Waals surface area (Å²) in [5.74, 6) is -0.768. The molecule has 0 aliphatic carbocycles. The summed E-state index contributed by atoms with van der Waals surface area (Å²) in [5.41, 5.74) is 3.14. The third-order valence-corrected chi connectivity index (χ3v) is 4.54. The molecule has 1 heterocycles. The minimum atomic E-state index is -0.768.